The predicted octanol–water partition coefficient (Wildman–Crippen LogP) is 9.64. The van der Waals surface area contributed by atoms with Crippen molar-refractivity contribution >= 4 is 12.2 Å². The first-order valence-corrected chi connectivity index (χ1v) is 14.0. The Morgan fingerprint density at radius 1 is 0.481 bits per heavy atom. The highest BCUT2D eigenvalue weighted by molar-refractivity contribution is 5.65. The predicted molar refractivity (Wildman–Crippen MR) is 126 cm³/mol. The standard InChI is InChI=1S/C24H22F24N2O4/c25-11(26)17(33,34)21(41,42)23(45,46)19(37,38)15(29,30)7-49(13(51)52)5-9-2-1-3-10(4-9)6-50(14(53)54)8-16(31,32)20(39,40)24(47,48)22(43,44)18(35,36)12(27)28/h9-12H,1-8H2,(H,51,52)(H,53,54). The molecule has 2 atom stereocenters. The highest BCUT2D eigenvalue weighted by atomic mass is 19.4. The monoisotopic (exact) mass is 858 g/mol. The van der Waals surface area contributed by atoms with Gasteiger partial charge in [0.25, 0.3) is 0 Å². The SMILES string of the molecule is O=C(O)N(CC1CCCC(CN(CC(F)(F)C(F)(F)C(F)(F)C(F)(F)C(F)(F)C(F)F)C(=O)O)C1)CC(F)(F)C(F)(F)C(F)(F)C(F)(F)C(F)(F)C(F)F. The van der Waals surface area contributed by atoms with E-state index in [9.17, 15) is 115 Å². The van der Waals surface area contributed by atoms with Crippen molar-refractivity contribution in [3.63, 3.8) is 0 Å². The molecule has 0 spiro atoms. The zero-order chi connectivity index (χ0) is 43.3. The van der Waals surface area contributed by atoms with E-state index in [4.69, 9.17) is 10.2 Å². The van der Waals surface area contributed by atoms with E-state index in [1.807, 2.05) is 0 Å². The number of rotatable bonds is 18. The minimum atomic E-state index is -8.04. The molecule has 0 aromatic heterocycles. The van der Waals surface area contributed by atoms with E-state index in [1.54, 1.807) is 0 Å². The average Bonchev–Trinajstić information content (AvgIpc) is 2.99. The summed E-state index contributed by atoms with van der Waals surface area (Å²) in [4.78, 5) is 21.1. The van der Waals surface area contributed by atoms with Gasteiger partial charge in [0.1, 0.15) is 0 Å². The molecule has 0 aromatic carbocycles. The van der Waals surface area contributed by atoms with Crippen molar-refractivity contribution in [2.24, 2.45) is 11.8 Å². The number of carbonyl (C=O) groups is 2. The highest BCUT2D eigenvalue weighted by Gasteiger charge is 2.89. The van der Waals surface area contributed by atoms with Gasteiger partial charge in [-0.2, -0.15) is 87.8 Å². The molecule has 0 bridgehead atoms. The van der Waals surface area contributed by atoms with Gasteiger partial charge in [0.15, 0.2) is 0 Å². The number of hydrogen-bond acceptors (Lipinski definition) is 2. The van der Waals surface area contributed by atoms with Crippen molar-refractivity contribution in [2.75, 3.05) is 26.2 Å². The van der Waals surface area contributed by atoms with Crippen molar-refractivity contribution in [3.8, 4) is 0 Å². The Morgan fingerprint density at radius 2 is 0.741 bits per heavy atom. The minimum absolute atomic E-state index is 0.421. The van der Waals surface area contributed by atoms with Gasteiger partial charge in [-0.15, -0.1) is 0 Å². The van der Waals surface area contributed by atoms with Crippen LogP contribution in [0.25, 0.3) is 0 Å². The van der Waals surface area contributed by atoms with E-state index >= 15 is 0 Å². The van der Waals surface area contributed by atoms with Gasteiger partial charge in [0.2, 0.25) is 0 Å². The van der Waals surface area contributed by atoms with Crippen molar-refractivity contribution < 1.29 is 125 Å². The Hall–Kier alpha value is -3.14. The lowest BCUT2D eigenvalue weighted by Crippen LogP contribution is -2.70. The molecular formula is C24H22F24N2O4. The van der Waals surface area contributed by atoms with Crippen LogP contribution < -0.4 is 0 Å². The Balaban J connectivity index is 3.31. The van der Waals surface area contributed by atoms with Crippen LogP contribution in [0.5, 0.6) is 0 Å². The summed E-state index contributed by atoms with van der Waals surface area (Å²) in [6.45, 7) is -9.77. The lowest BCUT2D eigenvalue weighted by Gasteiger charge is -2.41. The topological polar surface area (TPSA) is 81.1 Å². The van der Waals surface area contributed by atoms with Crippen LogP contribution in [0.15, 0.2) is 0 Å². The fourth-order valence-corrected chi connectivity index (χ4v) is 5.00. The molecule has 54 heavy (non-hydrogen) atoms. The van der Waals surface area contributed by atoms with Gasteiger partial charge in [0.05, 0.1) is 13.1 Å². The van der Waals surface area contributed by atoms with Crippen LogP contribution in [-0.2, 0) is 0 Å². The molecule has 1 rings (SSSR count). The van der Waals surface area contributed by atoms with E-state index in [0.717, 1.165) is 0 Å². The van der Waals surface area contributed by atoms with E-state index in [-0.39, 0.29) is 0 Å². The fourth-order valence-electron chi connectivity index (χ4n) is 5.00. The van der Waals surface area contributed by atoms with Gasteiger partial charge in [-0.25, -0.2) is 27.2 Å². The third kappa shape index (κ3) is 8.20. The smallest absolute Gasteiger partial charge is 0.407 e. The lowest BCUT2D eigenvalue weighted by atomic mass is 9.80. The summed E-state index contributed by atoms with van der Waals surface area (Å²) in [5, 5.41) is 18.3. The molecule has 30 heteroatoms. The van der Waals surface area contributed by atoms with Gasteiger partial charge in [-0.1, -0.05) is 6.42 Å². The van der Waals surface area contributed by atoms with Gasteiger partial charge in [-0.05, 0) is 31.1 Å². The lowest BCUT2D eigenvalue weighted by molar-refractivity contribution is -0.413. The summed E-state index contributed by atoms with van der Waals surface area (Å²) in [7, 11) is 0. The maximum Gasteiger partial charge on any atom is 0.407 e. The Bertz CT molecular complexity index is 1230. The van der Waals surface area contributed by atoms with Crippen LogP contribution >= 0.6 is 0 Å². The molecular weight excluding hydrogens is 836 g/mol. The first-order valence-electron chi connectivity index (χ1n) is 14.0. The first kappa shape index (κ1) is 48.9. The van der Waals surface area contributed by atoms with E-state index in [1.165, 1.54) is 0 Å². The van der Waals surface area contributed by atoms with Gasteiger partial charge < -0.3 is 20.0 Å². The number of hydrogen-bond donors (Lipinski definition) is 2. The molecule has 1 aliphatic carbocycles. The van der Waals surface area contributed by atoms with Gasteiger partial charge >= 0.3 is 84.3 Å². The van der Waals surface area contributed by atoms with Crippen LogP contribution in [0.2, 0.25) is 0 Å². The summed E-state index contributed by atoms with van der Waals surface area (Å²) in [5.74, 6) is -79.0. The molecule has 320 valence electrons. The molecule has 2 unspecified atom stereocenters. The highest BCUT2D eigenvalue weighted by Crippen LogP contribution is 2.60. The molecule has 2 amide bonds. The number of carboxylic acid groups (broad SMARTS) is 2. The number of amides is 2. The number of nitrogens with zero attached hydrogens (tertiary/aromatic N) is 2. The Kier molecular flexibility index (Phi) is 13.6. The van der Waals surface area contributed by atoms with Crippen LogP contribution in [0.1, 0.15) is 25.7 Å². The molecule has 0 radical (unpaired) electrons. The van der Waals surface area contributed by atoms with Gasteiger partial charge in [0, 0.05) is 13.1 Å². The first-order chi connectivity index (χ1) is 23.7. The quantitative estimate of drug-likeness (QED) is 0.135. The van der Waals surface area contributed by atoms with Crippen molar-refractivity contribution in [3.05, 3.63) is 0 Å². The Morgan fingerprint density at radius 3 is 0.963 bits per heavy atom. The summed E-state index contributed by atoms with van der Waals surface area (Å²) in [6.07, 6.45) is -19.6. The van der Waals surface area contributed by atoms with Gasteiger partial charge in [-0.3, -0.25) is 0 Å². The van der Waals surface area contributed by atoms with E-state index in [0.29, 0.717) is 0 Å². The minimum Gasteiger partial charge on any atom is -0.465 e. The molecule has 1 fully saturated rings. The maximum absolute atomic E-state index is 14.4. The second-order valence-corrected chi connectivity index (χ2v) is 11.9. The normalized spacial score (nSPS) is 19.4. The van der Waals surface area contributed by atoms with E-state index < -0.39 is 158 Å². The molecule has 0 heterocycles. The molecule has 1 saturated carbocycles. The number of halogens is 24. The maximum atomic E-state index is 14.4. The number of alkyl halides is 24. The molecule has 0 saturated heterocycles. The molecule has 0 aliphatic heterocycles. The van der Waals surface area contributed by atoms with E-state index in [2.05, 4.69) is 0 Å². The molecule has 6 nitrogen and oxygen atoms in total. The molecule has 0 aromatic rings. The zero-order valence-electron chi connectivity index (χ0n) is 25.6. The largest absolute Gasteiger partial charge is 0.465 e. The average molecular weight is 858 g/mol. The van der Waals surface area contributed by atoms with Crippen LogP contribution in [0.3, 0.4) is 0 Å². The second-order valence-electron chi connectivity index (χ2n) is 11.9. The van der Waals surface area contributed by atoms with Crippen LogP contribution in [0, 0.1) is 11.8 Å². The third-order valence-electron chi connectivity index (χ3n) is 8.05. The van der Waals surface area contributed by atoms with Crippen LogP contribution in [0.4, 0.5) is 115 Å². The third-order valence-corrected chi connectivity index (χ3v) is 8.05. The summed E-state index contributed by atoms with van der Waals surface area (Å²) < 4.78 is 324. The summed E-state index contributed by atoms with van der Waals surface area (Å²) >= 11 is 0. The van der Waals surface area contributed by atoms with Crippen LogP contribution in [-0.4, -0.2) is 130 Å². The Labute approximate surface area is 284 Å². The molecule has 2 N–H and O–H groups in total. The summed E-state index contributed by atoms with van der Waals surface area (Å²) in [5.41, 5.74) is 0. The van der Waals surface area contributed by atoms with Crippen molar-refractivity contribution in [1.29, 1.82) is 0 Å². The van der Waals surface area contributed by atoms with Crippen molar-refractivity contribution in [1.82, 2.24) is 9.80 Å². The summed E-state index contributed by atoms with van der Waals surface area (Å²) in [6, 6.07) is 0. The second kappa shape index (κ2) is 15.1. The fraction of sp³-hybridized carbons (Fsp3) is 0.917. The molecule has 1 aliphatic rings. The van der Waals surface area contributed by atoms with Crippen molar-refractivity contribution in [2.45, 2.75) is 97.8 Å². The zero-order valence-corrected chi connectivity index (χ0v) is 25.6.